The Morgan fingerprint density at radius 3 is 2.90 bits per heavy atom. The lowest BCUT2D eigenvalue weighted by molar-refractivity contribution is 0.391. The van der Waals surface area contributed by atoms with Gasteiger partial charge in [-0.05, 0) is 0 Å². The van der Waals surface area contributed by atoms with Gasteiger partial charge in [0.25, 0.3) is 5.88 Å². The Labute approximate surface area is 58.6 Å². The van der Waals surface area contributed by atoms with E-state index >= 15 is 0 Å². The van der Waals surface area contributed by atoms with Crippen LogP contribution in [0.15, 0.2) is 6.20 Å². The average molecular weight is 137 g/mol. The van der Waals surface area contributed by atoms with E-state index in [2.05, 4.69) is 5.10 Å². The van der Waals surface area contributed by atoms with Crippen molar-refractivity contribution in [2.75, 3.05) is 7.11 Å². The highest BCUT2D eigenvalue weighted by atomic mass is 16.5. The molecular weight excluding hydrogens is 130 g/mol. The number of aryl methyl sites for hydroxylation is 1. The van der Waals surface area contributed by atoms with Crippen molar-refractivity contribution in [2.45, 2.75) is 0 Å². The van der Waals surface area contributed by atoms with Crippen LogP contribution >= 0.6 is 0 Å². The number of hydrogen-bond acceptors (Lipinski definition) is 3. The van der Waals surface area contributed by atoms with Gasteiger partial charge in [0.1, 0.15) is 11.6 Å². The van der Waals surface area contributed by atoms with Gasteiger partial charge in [-0.25, -0.2) is 0 Å². The van der Waals surface area contributed by atoms with Gasteiger partial charge in [0.2, 0.25) is 0 Å². The summed E-state index contributed by atoms with van der Waals surface area (Å²) in [5.41, 5.74) is 0.463. The molecule has 0 radical (unpaired) electrons. The summed E-state index contributed by atoms with van der Waals surface area (Å²) >= 11 is 0. The molecule has 0 unspecified atom stereocenters. The Morgan fingerprint density at radius 2 is 2.50 bits per heavy atom. The number of hydrogen-bond donors (Lipinski definition) is 0. The van der Waals surface area contributed by atoms with Crippen LogP contribution in [0.1, 0.15) is 5.56 Å². The standard InChI is InChI=1S/C6H7N3O/c1-9-4-5(3-7)6(8-9)10-2/h4H,1-2H3. The van der Waals surface area contributed by atoms with Crippen molar-refractivity contribution in [1.82, 2.24) is 9.78 Å². The molecule has 0 spiro atoms. The lowest BCUT2D eigenvalue weighted by Gasteiger charge is -1.89. The first-order valence-electron chi connectivity index (χ1n) is 2.75. The highest BCUT2D eigenvalue weighted by molar-refractivity contribution is 5.35. The number of methoxy groups -OCH3 is 1. The minimum atomic E-state index is 0.380. The molecule has 0 N–H and O–H groups in total. The predicted molar refractivity (Wildman–Crippen MR) is 34.5 cm³/mol. The fraction of sp³-hybridized carbons (Fsp3) is 0.333. The minimum absolute atomic E-state index is 0.380. The maximum Gasteiger partial charge on any atom is 0.250 e. The minimum Gasteiger partial charge on any atom is -0.479 e. The van der Waals surface area contributed by atoms with Gasteiger partial charge >= 0.3 is 0 Å². The number of rotatable bonds is 1. The number of nitriles is 1. The van der Waals surface area contributed by atoms with Crippen LogP contribution in [-0.2, 0) is 7.05 Å². The third kappa shape index (κ3) is 0.935. The fourth-order valence-corrected chi connectivity index (χ4v) is 0.696. The molecule has 0 aliphatic carbocycles. The maximum absolute atomic E-state index is 8.48. The van der Waals surface area contributed by atoms with E-state index in [4.69, 9.17) is 10.00 Å². The Kier molecular flexibility index (Phi) is 1.59. The van der Waals surface area contributed by atoms with E-state index < -0.39 is 0 Å². The summed E-state index contributed by atoms with van der Waals surface area (Å²) in [6, 6.07) is 1.96. The van der Waals surface area contributed by atoms with Crippen LogP contribution in [0.5, 0.6) is 5.88 Å². The monoisotopic (exact) mass is 137 g/mol. The molecule has 0 saturated carbocycles. The van der Waals surface area contributed by atoms with Gasteiger partial charge in [0.15, 0.2) is 0 Å². The van der Waals surface area contributed by atoms with Gasteiger partial charge in [-0.3, -0.25) is 4.68 Å². The van der Waals surface area contributed by atoms with E-state index in [-0.39, 0.29) is 0 Å². The Morgan fingerprint density at radius 1 is 1.80 bits per heavy atom. The largest absolute Gasteiger partial charge is 0.479 e. The highest BCUT2D eigenvalue weighted by Crippen LogP contribution is 2.11. The molecular formula is C6H7N3O. The smallest absolute Gasteiger partial charge is 0.250 e. The summed E-state index contributed by atoms with van der Waals surface area (Å²) in [5, 5.41) is 12.4. The lowest BCUT2D eigenvalue weighted by atomic mass is 10.4. The van der Waals surface area contributed by atoms with E-state index in [1.54, 1.807) is 13.2 Å². The van der Waals surface area contributed by atoms with Gasteiger partial charge in [0.05, 0.1) is 7.11 Å². The Bertz CT molecular complexity index is 271. The van der Waals surface area contributed by atoms with E-state index in [9.17, 15) is 0 Å². The fourth-order valence-electron chi connectivity index (χ4n) is 0.696. The molecule has 0 aliphatic rings. The topological polar surface area (TPSA) is 50.8 Å². The van der Waals surface area contributed by atoms with E-state index in [1.165, 1.54) is 11.8 Å². The zero-order valence-electron chi connectivity index (χ0n) is 5.83. The van der Waals surface area contributed by atoms with Crippen molar-refractivity contribution < 1.29 is 4.74 Å². The molecule has 0 fully saturated rings. The van der Waals surface area contributed by atoms with Crippen LogP contribution in [0, 0.1) is 11.3 Å². The first kappa shape index (κ1) is 6.62. The molecule has 10 heavy (non-hydrogen) atoms. The van der Waals surface area contributed by atoms with E-state index in [0.29, 0.717) is 11.4 Å². The van der Waals surface area contributed by atoms with Crippen molar-refractivity contribution in [3.05, 3.63) is 11.8 Å². The van der Waals surface area contributed by atoms with Crippen LogP contribution in [0.25, 0.3) is 0 Å². The molecule has 4 heteroatoms. The number of ether oxygens (including phenoxy) is 1. The SMILES string of the molecule is COc1nn(C)cc1C#N. The Hall–Kier alpha value is -1.50. The quantitative estimate of drug-likeness (QED) is 0.559. The first-order chi connectivity index (χ1) is 4.77. The zero-order chi connectivity index (χ0) is 7.56. The third-order valence-corrected chi connectivity index (χ3v) is 1.11. The predicted octanol–water partition coefficient (Wildman–Crippen LogP) is 0.300. The van der Waals surface area contributed by atoms with Gasteiger partial charge < -0.3 is 4.74 Å². The third-order valence-electron chi connectivity index (χ3n) is 1.11. The summed E-state index contributed by atoms with van der Waals surface area (Å²) in [4.78, 5) is 0. The molecule has 4 nitrogen and oxygen atoms in total. The summed E-state index contributed by atoms with van der Waals surface area (Å²) in [6.45, 7) is 0. The van der Waals surface area contributed by atoms with Crippen molar-refractivity contribution in [2.24, 2.45) is 7.05 Å². The van der Waals surface area contributed by atoms with Crippen molar-refractivity contribution >= 4 is 0 Å². The van der Waals surface area contributed by atoms with Crippen molar-refractivity contribution in [3.8, 4) is 11.9 Å². The summed E-state index contributed by atoms with van der Waals surface area (Å²) in [7, 11) is 3.23. The molecule has 0 amide bonds. The second-order valence-corrected chi connectivity index (χ2v) is 1.84. The van der Waals surface area contributed by atoms with Crippen LogP contribution in [-0.4, -0.2) is 16.9 Å². The van der Waals surface area contributed by atoms with Crippen LogP contribution in [0.3, 0.4) is 0 Å². The van der Waals surface area contributed by atoms with Crippen molar-refractivity contribution in [3.63, 3.8) is 0 Å². The molecule has 0 atom stereocenters. The molecule has 0 bridgehead atoms. The molecule has 52 valence electrons. The normalized spacial score (nSPS) is 8.90. The number of nitrogens with zero attached hydrogens (tertiary/aromatic N) is 3. The molecule has 1 rings (SSSR count). The van der Waals surface area contributed by atoms with Gasteiger partial charge in [0, 0.05) is 13.2 Å². The van der Waals surface area contributed by atoms with Gasteiger partial charge in [-0.2, -0.15) is 5.26 Å². The molecule has 1 aromatic rings. The maximum atomic E-state index is 8.48. The van der Waals surface area contributed by atoms with Crippen molar-refractivity contribution in [1.29, 1.82) is 5.26 Å². The number of aromatic nitrogens is 2. The van der Waals surface area contributed by atoms with Crippen LogP contribution in [0.2, 0.25) is 0 Å². The molecule has 1 heterocycles. The molecule has 1 aromatic heterocycles. The summed E-state index contributed by atoms with van der Waals surface area (Å²) in [5.74, 6) is 0.380. The highest BCUT2D eigenvalue weighted by Gasteiger charge is 2.04. The van der Waals surface area contributed by atoms with E-state index in [0.717, 1.165) is 0 Å². The summed E-state index contributed by atoms with van der Waals surface area (Å²) < 4.78 is 6.34. The van der Waals surface area contributed by atoms with E-state index in [1.807, 2.05) is 6.07 Å². The molecule has 0 saturated heterocycles. The molecule has 0 aliphatic heterocycles. The zero-order valence-corrected chi connectivity index (χ0v) is 5.83. The summed E-state index contributed by atoms with van der Waals surface area (Å²) in [6.07, 6.45) is 1.61. The average Bonchev–Trinajstić information content (AvgIpc) is 2.30. The van der Waals surface area contributed by atoms with Crippen LogP contribution < -0.4 is 4.74 Å². The van der Waals surface area contributed by atoms with Gasteiger partial charge in [-0.1, -0.05) is 0 Å². The molecule has 0 aromatic carbocycles. The second kappa shape index (κ2) is 2.40. The van der Waals surface area contributed by atoms with Gasteiger partial charge in [-0.15, -0.1) is 5.10 Å². The Balaban J connectivity index is 3.12. The first-order valence-corrected chi connectivity index (χ1v) is 2.75. The second-order valence-electron chi connectivity index (χ2n) is 1.84. The lowest BCUT2D eigenvalue weighted by Crippen LogP contribution is -1.88. The van der Waals surface area contributed by atoms with Crippen LogP contribution in [0.4, 0.5) is 0 Å².